The zero-order chi connectivity index (χ0) is 17.6. The Kier molecular flexibility index (Phi) is 6.45. The normalized spacial score (nSPS) is 12.4. The summed E-state index contributed by atoms with van der Waals surface area (Å²) in [4.78, 5) is 5.35. The van der Waals surface area contributed by atoms with E-state index in [-0.39, 0.29) is 0 Å². The zero-order valence-corrected chi connectivity index (χ0v) is 16.5. The molecule has 0 fully saturated rings. The van der Waals surface area contributed by atoms with Crippen LogP contribution in [0.15, 0.2) is 50.5 Å². The van der Waals surface area contributed by atoms with E-state index in [0.29, 0.717) is 23.2 Å². The third-order valence-corrected chi connectivity index (χ3v) is 5.40. The number of aromatic nitrogens is 1. The number of halogens is 2. The van der Waals surface area contributed by atoms with Crippen LogP contribution in [0, 0.1) is 0 Å². The number of rotatable bonds is 6. The first-order valence-electron chi connectivity index (χ1n) is 7.41. The van der Waals surface area contributed by atoms with Gasteiger partial charge in [0.25, 0.3) is 0 Å². The van der Waals surface area contributed by atoms with Gasteiger partial charge in [0.1, 0.15) is 0 Å². The third-order valence-electron chi connectivity index (χ3n) is 3.30. The molecule has 0 amide bonds. The lowest BCUT2D eigenvalue weighted by atomic mass is 10.2. The van der Waals surface area contributed by atoms with E-state index >= 15 is 0 Å². The van der Waals surface area contributed by atoms with Crippen LogP contribution >= 0.6 is 45.9 Å². The molecule has 0 radical (unpaired) electrons. The summed E-state index contributed by atoms with van der Waals surface area (Å²) < 4.78 is 6.87. The average molecular weight is 412 g/mol. The van der Waals surface area contributed by atoms with Gasteiger partial charge in [0.15, 0.2) is 0 Å². The van der Waals surface area contributed by atoms with Gasteiger partial charge in [-0.2, -0.15) is 16.4 Å². The van der Waals surface area contributed by atoms with E-state index in [2.05, 4.69) is 10.1 Å². The van der Waals surface area contributed by atoms with Crippen molar-refractivity contribution in [2.75, 3.05) is 20.3 Å². The Balaban J connectivity index is 2.07. The predicted octanol–water partition coefficient (Wildman–Crippen LogP) is 5.01. The number of ether oxygens (including phenoxy) is 1. The Labute approximate surface area is 163 Å². The first kappa shape index (κ1) is 18.4. The molecule has 0 unspecified atom stereocenters. The number of thiazole rings is 1. The summed E-state index contributed by atoms with van der Waals surface area (Å²) >= 11 is 15.5. The molecular formula is C17H15Cl2N3OS2. The van der Waals surface area contributed by atoms with Gasteiger partial charge in [-0.25, -0.2) is 4.68 Å². The highest BCUT2D eigenvalue weighted by Gasteiger charge is 2.11. The summed E-state index contributed by atoms with van der Waals surface area (Å²) in [5, 5.41) is 11.8. The number of hydrogen-bond donors (Lipinski definition) is 0. The molecular weight excluding hydrogens is 397 g/mol. The van der Waals surface area contributed by atoms with Crippen molar-refractivity contribution >= 4 is 52.1 Å². The molecule has 130 valence electrons. The first-order valence-corrected chi connectivity index (χ1v) is 9.99. The molecule has 0 bridgehead atoms. The maximum absolute atomic E-state index is 6.38. The molecule has 8 heteroatoms. The Hall–Kier alpha value is -1.44. The van der Waals surface area contributed by atoms with Crippen LogP contribution in [0.3, 0.4) is 0 Å². The largest absolute Gasteiger partial charge is 0.383 e. The van der Waals surface area contributed by atoms with Crippen molar-refractivity contribution in [3.05, 3.63) is 60.8 Å². The monoisotopic (exact) mass is 411 g/mol. The second-order valence-electron chi connectivity index (χ2n) is 5.02. The summed E-state index contributed by atoms with van der Waals surface area (Å²) in [6, 6.07) is 7.44. The van der Waals surface area contributed by atoms with E-state index in [4.69, 9.17) is 27.9 Å². The molecule has 3 rings (SSSR count). The van der Waals surface area contributed by atoms with Crippen LogP contribution in [-0.2, 0) is 4.74 Å². The molecule has 0 N–H and O–H groups in total. The van der Waals surface area contributed by atoms with Gasteiger partial charge < -0.3 is 4.74 Å². The molecule has 0 saturated heterocycles. The summed E-state index contributed by atoms with van der Waals surface area (Å²) in [6.07, 6.45) is 1.81. The van der Waals surface area contributed by atoms with Crippen molar-refractivity contribution in [1.29, 1.82) is 0 Å². The lowest BCUT2D eigenvalue weighted by molar-refractivity contribution is 0.207. The van der Waals surface area contributed by atoms with Crippen LogP contribution in [0.2, 0.25) is 10.0 Å². The minimum Gasteiger partial charge on any atom is -0.383 e. The van der Waals surface area contributed by atoms with E-state index in [9.17, 15) is 0 Å². The van der Waals surface area contributed by atoms with E-state index < -0.39 is 0 Å². The fraction of sp³-hybridized carbons (Fsp3) is 0.176. The van der Waals surface area contributed by atoms with Crippen molar-refractivity contribution in [2.24, 2.45) is 10.1 Å². The molecule has 4 nitrogen and oxygen atoms in total. The Morgan fingerprint density at radius 2 is 2.12 bits per heavy atom. The summed E-state index contributed by atoms with van der Waals surface area (Å²) in [5.41, 5.74) is 2.77. The molecule has 2 aromatic heterocycles. The molecule has 0 aliphatic rings. The maximum Gasteiger partial charge on any atom is 0.206 e. The molecule has 2 heterocycles. The highest BCUT2D eigenvalue weighted by molar-refractivity contribution is 7.08. The van der Waals surface area contributed by atoms with Gasteiger partial charge in [-0.1, -0.05) is 23.2 Å². The quantitative estimate of drug-likeness (QED) is 0.414. The van der Waals surface area contributed by atoms with Gasteiger partial charge in [0.05, 0.1) is 30.1 Å². The second kappa shape index (κ2) is 8.78. The van der Waals surface area contributed by atoms with E-state index in [1.54, 1.807) is 29.2 Å². The molecule has 25 heavy (non-hydrogen) atoms. The topological polar surface area (TPSA) is 38.9 Å². The molecule has 3 aromatic rings. The fourth-order valence-corrected chi connectivity index (χ4v) is 4.08. The fourth-order valence-electron chi connectivity index (χ4n) is 2.11. The van der Waals surface area contributed by atoms with Gasteiger partial charge in [-0.05, 0) is 35.0 Å². The van der Waals surface area contributed by atoms with Crippen LogP contribution in [0.1, 0.15) is 5.56 Å². The SMILES string of the molecule is COCCN=c1scc(-c2ccc(Cl)cc2Cl)n1/N=C\c1ccsc1. The van der Waals surface area contributed by atoms with Crippen molar-refractivity contribution in [1.82, 2.24) is 4.68 Å². The first-order chi connectivity index (χ1) is 12.2. The smallest absolute Gasteiger partial charge is 0.206 e. The van der Waals surface area contributed by atoms with Gasteiger partial charge in [0.2, 0.25) is 4.80 Å². The Morgan fingerprint density at radius 3 is 2.84 bits per heavy atom. The van der Waals surface area contributed by atoms with Crippen LogP contribution in [0.5, 0.6) is 0 Å². The minimum absolute atomic E-state index is 0.559. The number of nitrogens with zero attached hydrogens (tertiary/aromatic N) is 3. The van der Waals surface area contributed by atoms with Gasteiger partial charge in [-0.15, -0.1) is 11.3 Å². The Bertz CT molecular complexity index is 930. The average Bonchev–Trinajstić information content (AvgIpc) is 3.23. The van der Waals surface area contributed by atoms with Gasteiger partial charge >= 0.3 is 0 Å². The van der Waals surface area contributed by atoms with Crippen molar-refractivity contribution in [3.8, 4) is 11.3 Å². The lowest BCUT2D eigenvalue weighted by Gasteiger charge is -2.06. The molecule has 0 aliphatic heterocycles. The molecule has 0 aliphatic carbocycles. The minimum atomic E-state index is 0.559. The van der Waals surface area contributed by atoms with Crippen molar-refractivity contribution in [3.63, 3.8) is 0 Å². The van der Waals surface area contributed by atoms with Crippen molar-refractivity contribution in [2.45, 2.75) is 0 Å². The van der Waals surface area contributed by atoms with Gasteiger partial charge in [0, 0.05) is 28.6 Å². The number of benzene rings is 1. The number of methoxy groups -OCH3 is 1. The van der Waals surface area contributed by atoms with Gasteiger partial charge in [-0.3, -0.25) is 4.99 Å². The standard InChI is InChI=1S/C17H15Cl2N3OS2/c1-23-6-5-20-17-22(21-9-12-4-7-24-10-12)16(11-25-17)14-3-2-13(18)8-15(14)19/h2-4,7-11H,5-6H2,1H3/b20-17?,21-9-. The summed E-state index contributed by atoms with van der Waals surface area (Å²) in [6.45, 7) is 1.13. The number of hydrogen-bond acceptors (Lipinski definition) is 5. The molecule has 0 atom stereocenters. The van der Waals surface area contributed by atoms with Crippen LogP contribution in [0.4, 0.5) is 0 Å². The number of thiophene rings is 1. The van der Waals surface area contributed by atoms with Crippen LogP contribution in [0.25, 0.3) is 11.3 Å². The highest BCUT2D eigenvalue weighted by atomic mass is 35.5. The molecule has 0 saturated carbocycles. The third kappa shape index (κ3) is 4.59. The summed E-state index contributed by atoms with van der Waals surface area (Å²) in [5.74, 6) is 0. The highest BCUT2D eigenvalue weighted by Crippen LogP contribution is 2.30. The maximum atomic E-state index is 6.38. The lowest BCUT2D eigenvalue weighted by Crippen LogP contribution is -2.13. The Morgan fingerprint density at radius 1 is 1.24 bits per heavy atom. The molecule has 0 spiro atoms. The molecule has 1 aromatic carbocycles. The van der Waals surface area contributed by atoms with Crippen LogP contribution in [-0.4, -0.2) is 31.2 Å². The second-order valence-corrected chi connectivity index (χ2v) is 7.48. The summed E-state index contributed by atoms with van der Waals surface area (Å²) in [7, 11) is 1.66. The zero-order valence-electron chi connectivity index (χ0n) is 13.4. The van der Waals surface area contributed by atoms with Crippen LogP contribution < -0.4 is 4.80 Å². The van der Waals surface area contributed by atoms with Crippen molar-refractivity contribution < 1.29 is 4.74 Å². The predicted molar refractivity (Wildman–Crippen MR) is 107 cm³/mol. The van der Waals surface area contributed by atoms with E-state index in [0.717, 1.165) is 21.6 Å². The van der Waals surface area contributed by atoms with E-state index in [1.165, 1.54) is 11.3 Å². The van der Waals surface area contributed by atoms with E-state index in [1.807, 2.05) is 40.6 Å².